The number of para-hydroxylation sites is 1. The van der Waals surface area contributed by atoms with Crippen LogP contribution in [0.1, 0.15) is 42.4 Å². The average Bonchev–Trinajstić information content (AvgIpc) is 2.68. The number of H-pyrrole nitrogens is 1. The van der Waals surface area contributed by atoms with Crippen LogP contribution in [0.2, 0.25) is 0 Å². The minimum Gasteiger partial charge on any atom is -0.427 e. The maximum Gasteiger partial charge on any atom is 0.311 e. The Morgan fingerprint density at radius 1 is 1.07 bits per heavy atom. The number of nitrogens with zero attached hydrogens (tertiary/aromatic N) is 1. The molecule has 6 heteroatoms. The minimum absolute atomic E-state index is 0.0461. The number of ether oxygens (including phenoxy) is 1. The van der Waals surface area contributed by atoms with Crippen LogP contribution in [0.4, 0.5) is 0 Å². The molecule has 0 aliphatic heterocycles. The SMILES string of the molecule is CCC(=O)c1ccc(OC(=O)CCCc2nc3ccccc3c(=O)[nH]2)cc1. The molecule has 0 aliphatic rings. The second-order valence-corrected chi connectivity index (χ2v) is 6.16. The van der Waals surface area contributed by atoms with E-state index in [-0.39, 0.29) is 23.7 Å². The number of rotatable bonds is 7. The summed E-state index contributed by atoms with van der Waals surface area (Å²) in [5.74, 6) is 0.635. The van der Waals surface area contributed by atoms with Gasteiger partial charge in [0.05, 0.1) is 10.9 Å². The van der Waals surface area contributed by atoms with Crippen molar-refractivity contribution in [2.75, 3.05) is 0 Å². The molecule has 0 amide bonds. The highest BCUT2D eigenvalue weighted by Crippen LogP contribution is 2.15. The highest BCUT2D eigenvalue weighted by atomic mass is 16.5. The summed E-state index contributed by atoms with van der Waals surface area (Å²) in [4.78, 5) is 42.7. The average molecular weight is 364 g/mol. The Morgan fingerprint density at radius 2 is 1.81 bits per heavy atom. The van der Waals surface area contributed by atoms with Crippen LogP contribution >= 0.6 is 0 Å². The van der Waals surface area contributed by atoms with Gasteiger partial charge in [-0.15, -0.1) is 0 Å². The van der Waals surface area contributed by atoms with Crippen LogP contribution in [0.3, 0.4) is 0 Å². The van der Waals surface area contributed by atoms with Crippen molar-refractivity contribution in [2.45, 2.75) is 32.6 Å². The van der Waals surface area contributed by atoms with Gasteiger partial charge in [-0.25, -0.2) is 4.98 Å². The zero-order valence-electron chi connectivity index (χ0n) is 15.0. The molecule has 0 radical (unpaired) electrons. The molecule has 6 nitrogen and oxygen atoms in total. The first kappa shape index (κ1) is 18.5. The van der Waals surface area contributed by atoms with Crippen molar-refractivity contribution < 1.29 is 14.3 Å². The number of aryl methyl sites for hydroxylation is 1. The van der Waals surface area contributed by atoms with E-state index in [1.54, 1.807) is 49.4 Å². The Labute approximate surface area is 156 Å². The lowest BCUT2D eigenvalue weighted by molar-refractivity contribution is -0.134. The molecule has 0 atom stereocenters. The van der Waals surface area contributed by atoms with Crippen molar-refractivity contribution in [3.8, 4) is 5.75 Å². The lowest BCUT2D eigenvalue weighted by Crippen LogP contribution is -2.13. The first-order valence-electron chi connectivity index (χ1n) is 8.88. The van der Waals surface area contributed by atoms with Crippen LogP contribution in [0, 0.1) is 0 Å². The summed E-state index contributed by atoms with van der Waals surface area (Å²) in [6.45, 7) is 1.80. The van der Waals surface area contributed by atoms with Gasteiger partial charge in [0.1, 0.15) is 11.6 Å². The van der Waals surface area contributed by atoms with Gasteiger partial charge in [0.15, 0.2) is 5.78 Å². The number of hydrogen-bond donors (Lipinski definition) is 1. The highest BCUT2D eigenvalue weighted by Gasteiger charge is 2.09. The van der Waals surface area contributed by atoms with E-state index in [1.165, 1.54) is 0 Å². The summed E-state index contributed by atoms with van der Waals surface area (Å²) in [6.07, 6.45) is 1.61. The number of fused-ring (bicyclic) bond motifs is 1. The molecular weight excluding hydrogens is 344 g/mol. The fourth-order valence-electron chi connectivity index (χ4n) is 2.75. The number of aromatic amines is 1. The van der Waals surface area contributed by atoms with Crippen molar-refractivity contribution in [3.05, 3.63) is 70.3 Å². The predicted molar refractivity (Wildman–Crippen MR) is 102 cm³/mol. The fourth-order valence-corrected chi connectivity index (χ4v) is 2.75. The van der Waals surface area contributed by atoms with E-state index in [9.17, 15) is 14.4 Å². The quantitative estimate of drug-likeness (QED) is 0.394. The zero-order chi connectivity index (χ0) is 19.2. The number of carbonyl (C=O) groups excluding carboxylic acids is 2. The number of carbonyl (C=O) groups is 2. The van der Waals surface area contributed by atoms with Crippen LogP contribution in [0.15, 0.2) is 53.3 Å². The third kappa shape index (κ3) is 4.67. The molecule has 27 heavy (non-hydrogen) atoms. The van der Waals surface area contributed by atoms with Gasteiger partial charge in [0.25, 0.3) is 5.56 Å². The molecule has 0 saturated heterocycles. The Bertz CT molecular complexity index is 1020. The topological polar surface area (TPSA) is 89.1 Å². The van der Waals surface area contributed by atoms with E-state index in [4.69, 9.17) is 4.74 Å². The van der Waals surface area contributed by atoms with Gasteiger partial charge in [0, 0.05) is 24.8 Å². The second-order valence-electron chi connectivity index (χ2n) is 6.16. The molecule has 1 heterocycles. The third-order valence-corrected chi connectivity index (χ3v) is 4.19. The Balaban J connectivity index is 1.54. The molecule has 0 bridgehead atoms. The van der Waals surface area contributed by atoms with E-state index in [0.717, 1.165) is 0 Å². The maximum atomic E-state index is 12.0. The minimum atomic E-state index is -0.368. The van der Waals surface area contributed by atoms with Gasteiger partial charge >= 0.3 is 5.97 Å². The summed E-state index contributed by atoms with van der Waals surface area (Å²) in [5, 5.41) is 0.547. The summed E-state index contributed by atoms with van der Waals surface area (Å²) >= 11 is 0. The maximum absolute atomic E-state index is 12.0. The molecule has 0 saturated carbocycles. The number of hydrogen-bond acceptors (Lipinski definition) is 5. The van der Waals surface area contributed by atoms with Gasteiger partial charge in [-0.3, -0.25) is 14.4 Å². The number of Topliss-reactive ketones (excluding diaryl/α,β-unsaturated/α-hetero) is 1. The van der Waals surface area contributed by atoms with Gasteiger partial charge in [-0.1, -0.05) is 19.1 Å². The summed E-state index contributed by atoms with van der Waals surface area (Å²) in [7, 11) is 0. The normalized spacial score (nSPS) is 10.7. The molecule has 2 aromatic carbocycles. The van der Waals surface area contributed by atoms with Crippen LogP contribution < -0.4 is 10.3 Å². The molecule has 3 aromatic rings. The van der Waals surface area contributed by atoms with E-state index >= 15 is 0 Å². The first-order chi connectivity index (χ1) is 13.1. The number of ketones is 1. The van der Waals surface area contributed by atoms with Gasteiger partial charge < -0.3 is 9.72 Å². The lowest BCUT2D eigenvalue weighted by atomic mass is 10.1. The monoisotopic (exact) mass is 364 g/mol. The highest BCUT2D eigenvalue weighted by molar-refractivity contribution is 5.95. The largest absolute Gasteiger partial charge is 0.427 e. The van der Waals surface area contributed by atoms with Crippen LogP contribution in [0.25, 0.3) is 10.9 Å². The fraction of sp³-hybridized carbons (Fsp3) is 0.238. The van der Waals surface area contributed by atoms with Crippen LogP contribution in [-0.2, 0) is 11.2 Å². The molecular formula is C21H20N2O4. The van der Waals surface area contributed by atoms with E-state index in [0.29, 0.717) is 47.3 Å². The van der Waals surface area contributed by atoms with Crippen LogP contribution in [-0.4, -0.2) is 21.7 Å². The molecule has 1 N–H and O–H groups in total. The number of aromatic nitrogens is 2. The molecule has 0 spiro atoms. The Kier molecular flexibility index (Phi) is 5.76. The van der Waals surface area contributed by atoms with E-state index < -0.39 is 0 Å². The molecule has 3 rings (SSSR count). The Hall–Kier alpha value is -3.28. The molecule has 0 fully saturated rings. The molecule has 1 aromatic heterocycles. The molecule has 138 valence electrons. The predicted octanol–water partition coefficient (Wildman–Crippen LogP) is 3.44. The number of nitrogens with one attached hydrogen (secondary N) is 1. The van der Waals surface area contributed by atoms with Gasteiger partial charge in [-0.2, -0.15) is 0 Å². The lowest BCUT2D eigenvalue weighted by Gasteiger charge is -2.06. The van der Waals surface area contributed by atoms with Crippen molar-refractivity contribution in [3.63, 3.8) is 0 Å². The summed E-state index contributed by atoms with van der Waals surface area (Å²) in [6, 6.07) is 13.7. The first-order valence-corrected chi connectivity index (χ1v) is 8.88. The van der Waals surface area contributed by atoms with Crippen molar-refractivity contribution in [1.29, 1.82) is 0 Å². The van der Waals surface area contributed by atoms with Crippen molar-refractivity contribution in [1.82, 2.24) is 9.97 Å². The van der Waals surface area contributed by atoms with Crippen LogP contribution in [0.5, 0.6) is 5.75 Å². The Morgan fingerprint density at radius 3 is 2.56 bits per heavy atom. The second kappa shape index (κ2) is 8.40. The van der Waals surface area contributed by atoms with Gasteiger partial charge in [-0.05, 0) is 42.8 Å². The van der Waals surface area contributed by atoms with E-state index in [1.807, 2.05) is 6.07 Å². The smallest absolute Gasteiger partial charge is 0.311 e. The van der Waals surface area contributed by atoms with Crippen molar-refractivity contribution in [2.24, 2.45) is 0 Å². The standard InChI is InChI=1S/C21H20N2O4/c1-2-18(24)14-10-12-15(13-11-14)27-20(25)9-5-8-19-22-17-7-4-3-6-16(17)21(26)23-19/h3-4,6-7,10-13H,2,5,8-9H2,1H3,(H,22,23,26). The summed E-state index contributed by atoms with van der Waals surface area (Å²) < 4.78 is 5.27. The van der Waals surface area contributed by atoms with Crippen molar-refractivity contribution >= 4 is 22.7 Å². The number of benzene rings is 2. The zero-order valence-corrected chi connectivity index (χ0v) is 15.0. The summed E-state index contributed by atoms with van der Waals surface area (Å²) in [5.41, 5.74) is 1.06. The molecule has 0 aliphatic carbocycles. The van der Waals surface area contributed by atoms with E-state index in [2.05, 4.69) is 9.97 Å². The number of esters is 1. The third-order valence-electron chi connectivity index (χ3n) is 4.19. The van der Waals surface area contributed by atoms with Gasteiger partial charge in [0.2, 0.25) is 0 Å². The molecule has 0 unspecified atom stereocenters.